The van der Waals surface area contributed by atoms with Gasteiger partial charge < -0.3 is 14.2 Å². The lowest BCUT2D eigenvalue weighted by molar-refractivity contribution is -0.363. The first kappa shape index (κ1) is 24.5. The van der Waals surface area contributed by atoms with Gasteiger partial charge in [-0.25, -0.2) is 4.79 Å². The summed E-state index contributed by atoms with van der Waals surface area (Å²) in [6.07, 6.45) is -10.9. The van der Waals surface area contributed by atoms with Crippen LogP contribution in [0.15, 0.2) is 0 Å². The van der Waals surface area contributed by atoms with E-state index >= 15 is 0 Å². The molecular formula is C15H22F6O5. The third-order valence-electron chi connectivity index (χ3n) is 3.76. The Balaban J connectivity index is 4.94. The molecular weight excluding hydrogens is 374 g/mol. The molecule has 26 heavy (non-hydrogen) atoms. The molecule has 0 aliphatic rings. The van der Waals surface area contributed by atoms with Crippen LogP contribution in [0.1, 0.15) is 40.5 Å². The van der Waals surface area contributed by atoms with E-state index in [1.54, 1.807) is 6.92 Å². The Morgan fingerprint density at radius 1 is 0.923 bits per heavy atom. The minimum Gasteiger partial charge on any atom is -0.453 e. The number of carbonyl (C=O) groups excluding carboxylic acids is 2. The molecule has 0 aromatic rings. The van der Waals surface area contributed by atoms with Gasteiger partial charge in [-0.2, -0.15) is 26.3 Å². The molecule has 0 fully saturated rings. The molecule has 0 amide bonds. The second-order valence-corrected chi connectivity index (χ2v) is 6.05. The molecule has 0 spiro atoms. The van der Waals surface area contributed by atoms with Crippen molar-refractivity contribution in [1.82, 2.24) is 0 Å². The summed E-state index contributed by atoms with van der Waals surface area (Å²) in [6, 6.07) is 0. The van der Waals surface area contributed by atoms with Crippen molar-refractivity contribution in [3.05, 3.63) is 0 Å². The van der Waals surface area contributed by atoms with Crippen LogP contribution in [0.2, 0.25) is 0 Å². The first-order chi connectivity index (χ1) is 11.6. The van der Waals surface area contributed by atoms with Crippen LogP contribution in [0.4, 0.5) is 26.3 Å². The Morgan fingerprint density at radius 2 is 1.42 bits per heavy atom. The highest BCUT2D eigenvalue weighted by Gasteiger charge is 2.71. The fourth-order valence-electron chi connectivity index (χ4n) is 1.58. The molecule has 0 aliphatic heterocycles. The fraction of sp³-hybridized carbons (Fsp3) is 0.867. The van der Waals surface area contributed by atoms with Crippen LogP contribution in [0, 0.1) is 5.41 Å². The summed E-state index contributed by atoms with van der Waals surface area (Å²) in [5.74, 6) is -2.96. The Bertz CT molecular complexity index is 474. The molecule has 0 N–H and O–H groups in total. The van der Waals surface area contributed by atoms with Crippen molar-refractivity contribution in [2.24, 2.45) is 5.41 Å². The second kappa shape index (κ2) is 8.92. The van der Waals surface area contributed by atoms with E-state index in [0.29, 0.717) is 13.0 Å². The van der Waals surface area contributed by atoms with Gasteiger partial charge in [0.1, 0.15) is 0 Å². The SMILES string of the molecule is CCCOCC(C)(CC)C(=O)OCC(=O)OC(C)(C(F)(F)F)C(F)(F)F. The van der Waals surface area contributed by atoms with Crippen LogP contribution in [0.25, 0.3) is 0 Å². The Labute approximate surface area is 147 Å². The van der Waals surface area contributed by atoms with Crippen LogP contribution in [0.5, 0.6) is 0 Å². The number of esters is 2. The number of hydrogen-bond acceptors (Lipinski definition) is 5. The van der Waals surface area contributed by atoms with Crippen molar-refractivity contribution in [3.8, 4) is 0 Å². The standard InChI is InChI=1S/C15H22F6O5/c1-5-7-24-9-12(3,6-2)11(23)25-8-10(22)26-13(4,14(16,17)18)15(19,20)21/h5-9H2,1-4H3. The zero-order valence-corrected chi connectivity index (χ0v) is 14.8. The highest BCUT2D eigenvalue weighted by molar-refractivity contribution is 5.80. The van der Waals surface area contributed by atoms with Gasteiger partial charge in [-0.05, 0) is 26.7 Å². The minimum absolute atomic E-state index is 0.0754. The van der Waals surface area contributed by atoms with E-state index in [9.17, 15) is 35.9 Å². The second-order valence-electron chi connectivity index (χ2n) is 6.05. The van der Waals surface area contributed by atoms with Crippen molar-refractivity contribution in [2.45, 2.75) is 58.5 Å². The zero-order valence-electron chi connectivity index (χ0n) is 14.8. The lowest BCUT2D eigenvalue weighted by Gasteiger charge is -2.33. The third-order valence-corrected chi connectivity index (χ3v) is 3.76. The Morgan fingerprint density at radius 3 is 1.81 bits per heavy atom. The number of carbonyl (C=O) groups is 2. The molecule has 1 atom stereocenters. The number of halogens is 6. The van der Waals surface area contributed by atoms with Crippen LogP contribution in [-0.2, 0) is 23.8 Å². The van der Waals surface area contributed by atoms with Gasteiger partial charge in [0.05, 0.1) is 12.0 Å². The number of alkyl halides is 6. The fourth-order valence-corrected chi connectivity index (χ4v) is 1.58. The summed E-state index contributed by atoms with van der Waals surface area (Å²) in [5.41, 5.74) is -5.91. The van der Waals surface area contributed by atoms with Crippen LogP contribution in [-0.4, -0.2) is 49.7 Å². The molecule has 0 saturated carbocycles. The lowest BCUT2D eigenvalue weighted by Crippen LogP contribution is -2.57. The van der Waals surface area contributed by atoms with Gasteiger partial charge in [-0.15, -0.1) is 0 Å². The molecule has 154 valence electrons. The van der Waals surface area contributed by atoms with E-state index in [0.717, 1.165) is 0 Å². The normalized spacial score (nSPS) is 15.3. The molecule has 0 heterocycles. The minimum atomic E-state index is -5.89. The smallest absolute Gasteiger partial charge is 0.437 e. The average Bonchev–Trinajstić information content (AvgIpc) is 2.50. The maximum atomic E-state index is 12.7. The van der Waals surface area contributed by atoms with Gasteiger partial charge in [-0.1, -0.05) is 13.8 Å². The van der Waals surface area contributed by atoms with E-state index in [1.807, 2.05) is 6.92 Å². The number of hydrogen-bond donors (Lipinski definition) is 0. The van der Waals surface area contributed by atoms with Crippen LogP contribution >= 0.6 is 0 Å². The monoisotopic (exact) mass is 396 g/mol. The molecule has 0 aromatic heterocycles. The van der Waals surface area contributed by atoms with Crippen molar-refractivity contribution >= 4 is 11.9 Å². The molecule has 0 saturated heterocycles. The summed E-state index contributed by atoms with van der Waals surface area (Å²) in [4.78, 5) is 23.4. The van der Waals surface area contributed by atoms with Crippen LogP contribution < -0.4 is 0 Å². The van der Waals surface area contributed by atoms with Crippen molar-refractivity contribution < 1.29 is 50.1 Å². The Kier molecular flexibility index (Phi) is 8.39. The molecule has 0 rings (SSSR count). The van der Waals surface area contributed by atoms with Crippen molar-refractivity contribution in [1.29, 1.82) is 0 Å². The summed E-state index contributed by atoms with van der Waals surface area (Å²) >= 11 is 0. The topological polar surface area (TPSA) is 61.8 Å². The highest BCUT2D eigenvalue weighted by Crippen LogP contribution is 2.45. The lowest BCUT2D eigenvalue weighted by atomic mass is 9.89. The molecule has 0 radical (unpaired) electrons. The van der Waals surface area contributed by atoms with E-state index in [-0.39, 0.29) is 20.0 Å². The summed E-state index contributed by atoms with van der Waals surface area (Å²) in [5, 5.41) is 0. The maximum absolute atomic E-state index is 12.7. The molecule has 0 aliphatic carbocycles. The summed E-state index contributed by atoms with van der Waals surface area (Å²) in [7, 11) is 0. The predicted octanol–water partition coefficient (Wildman–Crippen LogP) is 3.80. The van der Waals surface area contributed by atoms with Gasteiger partial charge in [0.15, 0.2) is 6.61 Å². The molecule has 5 nitrogen and oxygen atoms in total. The average molecular weight is 396 g/mol. The summed E-state index contributed by atoms with van der Waals surface area (Å²) in [6.45, 7) is 3.45. The number of rotatable bonds is 9. The molecule has 0 bridgehead atoms. The third kappa shape index (κ3) is 6.03. The first-order valence-electron chi connectivity index (χ1n) is 7.75. The molecule has 1 unspecified atom stereocenters. The van der Waals surface area contributed by atoms with E-state index in [1.165, 1.54) is 6.92 Å². The van der Waals surface area contributed by atoms with E-state index in [4.69, 9.17) is 4.74 Å². The van der Waals surface area contributed by atoms with Crippen LogP contribution in [0.3, 0.4) is 0 Å². The predicted molar refractivity (Wildman–Crippen MR) is 77.1 cm³/mol. The number of ether oxygens (including phenoxy) is 3. The van der Waals surface area contributed by atoms with Gasteiger partial charge >= 0.3 is 24.3 Å². The maximum Gasteiger partial charge on any atom is 0.437 e. The Hall–Kier alpha value is -1.52. The largest absolute Gasteiger partial charge is 0.453 e. The van der Waals surface area contributed by atoms with Gasteiger partial charge in [0, 0.05) is 6.61 Å². The summed E-state index contributed by atoms with van der Waals surface area (Å²) < 4.78 is 89.2. The zero-order chi connectivity index (χ0) is 20.8. The first-order valence-corrected chi connectivity index (χ1v) is 7.75. The molecule has 0 aromatic carbocycles. The van der Waals surface area contributed by atoms with E-state index < -0.39 is 41.9 Å². The van der Waals surface area contributed by atoms with Gasteiger partial charge in [0.2, 0.25) is 0 Å². The van der Waals surface area contributed by atoms with Crippen molar-refractivity contribution in [3.63, 3.8) is 0 Å². The van der Waals surface area contributed by atoms with E-state index in [2.05, 4.69) is 9.47 Å². The van der Waals surface area contributed by atoms with Gasteiger partial charge in [-0.3, -0.25) is 4.79 Å². The van der Waals surface area contributed by atoms with Crippen molar-refractivity contribution in [2.75, 3.05) is 19.8 Å². The van der Waals surface area contributed by atoms with Gasteiger partial charge in [0.25, 0.3) is 5.60 Å². The quantitative estimate of drug-likeness (QED) is 0.337. The highest BCUT2D eigenvalue weighted by atomic mass is 19.4. The molecule has 11 heteroatoms.